The van der Waals surface area contributed by atoms with Gasteiger partial charge in [-0.2, -0.15) is 0 Å². The summed E-state index contributed by atoms with van der Waals surface area (Å²) in [6.07, 6.45) is 1.09. The van der Waals surface area contributed by atoms with Gasteiger partial charge in [-0.3, -0.25) is 0 Å². The predicted molar refractivity (Wildman–Crippen MR) is 57.7 cm³/mol. The topological polar surface area (TPSA) is 12.5 Å². The smallest absolute Gasteiger partial charge is 0.136 e. The Morgan fingerprint density at radius 1 is 1.67 bits per heavy atom. The first kappa shape index (κ1) is 10.3. The van der Waals surface area contributed by atoms with Crippen molar-refractivity contribution in [2.45, 2.75) is 13.3 Å². The maximum atomic E-state index is 5.25. The van der Waals surface area contributed by atoms with Gasteiger partial charge in [-0.1, -0.05) is 24.0 Å². The second-order valence-corrected chi connectivity index (χ2v) is 4.38. The van der Waals surface area contributed by atoms with Crippen LogP contribution < -0.4 is 0 Å². The Morgan fingerprint density at radius 3 is 3.08 bits per heavy atom. The van der Waals surface area contributed by atoms with Crippen molar-refractivity contribution < 1.29 is 4.74 Å². The number of hydrogen-bond acceptors (Lipinski definition) is 3. The Kier molecular flexibility index (Phi) is 4.95. The summed E-state index contributed by atoms with van der Waals surface area (Å²) in [5.41, 5.74) is 0. The highest BCUT2D eigenvalue weighted by Crippen LogP contribution is 2.17. The van der Waals surface area contributed by atoms with Gasteiger partial charge in [0.15, 0.2) is 0 Å². The minimum atomic E-state index is 0.819. The highest BCUT2D eigenvalue weighted by Gasteiger charge is 2.15. The van der Waals surface area contributed by atoms with E-state index in [1.54, 1.807) is 11.8 Å². The summed E-state index contributed by atoms with van der Waals surface area (Å²) < 4.78 is 6.31. The Labute approximate surface area is 83.6 Å². The molecule has 1 aliphatic rings. The van der Waals surface area contributed by atoms with Gasteiger partial charge in [-0.25, -0.2) is 0 Å². The van der Waals surface area contributed by atoms with Crippen LogP contribution in [-0.4, -0.2) is 41.3 Å². The quantitative estimate of drug-likeness (QED) is 0.500. The molecule has 1 fully saturated rings. The van der Waals surface area contributed by atoms with Crippen LogP contribution in [0.1, 0.15) is 13.3 Å². The molecule has 0 bridgehead atoms. The van der Waals surface area contributed by atoms with Crippen LogP contribution in [0, 0.1) is 0 Å². The van der Waals surface area contributed by atoms with E-state index in [1.165, 1.54) is 0 Å². The molecule has 4 heteroatoms. The van der Waals surface area contributed by atoms with Crippen molar-refractivity contribution in [1.82, 2.24) is 4.90 Å². The van der Waals surface area contributed by atoms with Crippen molar-refractivity contribution in [2.24, 2.45) is 0 Å². The zero-order valence-corrected chi connectivity index (χ0v) is 9.05. The first-order valence-electron chi connectivity index (χ1n) is 4.34. The van der Waals surface area contributed by atoms with Gasteiger partial charge in [0.25, 0.3) is 0 Å². The summed E-state index contributed by atoms with van der Waals surface area (Å²) in [5, 5.41) is 0. The van der Waals surface area contributed by atoms with Crippen molar-refractivity contribution in [1.29, 1.82) is 0 Å². The van der Waals surface area contributed by atoms with E-state index in [-0.39, 0.29) is 0 Å². The van der Waals surface area contributed by atoms with Crippen molar-refractivity contribution in [3.8, 4) is 0 Å². The van der Waals surface area contributed by atoms with Crippen LogP contribution in [0.3, 0.4) is 0 Å². The molecule has 0 amide bonds. The molecule has 0 aromatic heterocycles. The summed E-state index contributed by atoms with van der Waals surface area (Å²) in [6, 6.07) is 0. The summed E-state index contributed by atoms with van der Waals surface area (Å²) in [6.45, 7) is 5.89. The molecule has 0 atom stereocenters. The lowest BCUT2D eigenvalue weighted by atomic mass is 10.4. The first-order valence-corrected chi connectivity index (χ1v) is 5.73. The monoisotopic (exact) mass is 205 g/mol. The van der Waals surface area contributed by atoms with Crippen LogP contribution in [-0.2, 0) is 4.74 Å². The Morgan fingerprint density at radius 2 is 2.50 bits per heavy atom. The fourth-order valence-electron chi connectivity index (χ4n) is 1.13. The number of rotatable bonds is 5. The number of nitrogens with zero attached hydrogens (tertiary/aromatic N) is 1. The van der Waals surface area contributed by atoms with Gasteiger partial charge in [-0.15, -0.1) is 0 Å². The van der Waals surface area contributed by atoms with Crippen LogP contribution in [0.4, 0.5) is 0 Å². The maximum Gasteiger partial charge on any atom is 0.136 e. The molecule has 0 N–H and O–H groups in total. The lowest BCUT2D eigenvalue weighted by Gasteiger charge is -2.15. The van der Waals surface area contributed by atoms with Crippen molar-refractivity contribution in [3.63, 3.8) is 0 Å². The third-order valence-corrected chi connectivity index (χ3v) is 3.27. The molecule has 0 saturated carbocycles. The zero-order chi connectivity index (χ0) is 8.81. The Hall–Kier alpha value is 0.200. The molecule has 0 aliphatic carbocycles. The Bertz CT molecular complexity index is 152. The average molecular weight is 205 g/mol. The number of thioether (sulfide) groups is 1. The molecule has 0 unspecified atom stereocenters. The van der Waals surface area contributed by atoms with Crippen LogP contribution in [0.25, 0.3) is 0 Å². The SMILES string of the molecule is CCOCCCN1CCSC1=S. The number of hydrogen-bond donors (Lipinski definition) is 0. The van der Waals surface area contributed by atoms with Gasteiger partial charge in [-0.05, 0) is 13.3 Å². The van der Waals surface area contributed by atoms with Gasteiger partial charge in [0, 0.05) is 32.1 Å². The van der Waals surface area contributed by atoms with Gasteiger partial charge in [0.05, 0.1) is 0 Å². The van der Waals surface area contributed by atoms with E-state index in [2.05, 4.69) is 4.90 Å². The van der Waals surface area contributed by atoms with E-state index in [1.807, 2.05) is 6.92 Å². The lowest BCUT2D eigenvalue weighted by molar-refractivity contribution is 0.140. The fraction of sp³-hybridized carbons (Fsp3) is 0.875. The molecule has 0 aromatic rings. The zero-order valence-electron chi connectivity index (χ0n) is 7.41. The van der Waals surface area contributed by atoms with Crippen molar-refractivity contribution >= 4 is 28.3 Å². The van der Waals surface area contributed by atoms with E-state index >= 15 is 0 Å². The van der Waals surface area contributed by atoms with Crippen LogP contribution in [0.5, 0.6) is 0 Å². The summed E-state index contributed by atoms with van der Waals surface area (Å²) >= 11 is 6.95. The van der Waals surface area contributed by atoms with Crippen molar-refractivity contribution in [3.05, 3.63) is 0 Å². The van der Waals surface area contributed by atoms with E-state index in [4.69, 9.17) is 17.0 Å². The average Bonchev–Trinajstić information content (AvgIpc) is 2.46. The van der Waals surface area contributed by atoms with Gasteiger partial charge in [0.2, 0.25) is 0 Å². The molecule has 0 radical (unpaired) electrons. The third-order valence-electron chi connectivity index (χ3n) is 1.77. The molecule has 1 heterocycles. The minimum absolute atomic E-state index is 0.819. The standard InChI is InChI=1S/C8H15NOS2/c1-2-10-6-3-4-9-5-7-12-8(9)11/h2-7H2,1H3. The predicted octanol–water partition coefficient (Wildman–Crippen LogP) is 1.75. The van der Waals surface area contributed by atoms with Crippen LogP contribution in [0.2, 0.25) is 0 Å². The summed E-state index contributed by atoms with van der Waals surface area (Å²) in [5.74, 6) is 1.16. The molecule has 1 saturated heterocycles. The molecule has 12 heavy (non-hydrogen) atoms. The first-order chi connectivity index (χ1) is 5.84. The van der Waals surface area contributed by atoms with Crippen LogP contribution >= 0.6 is 24.0 Å². The summed E-state index contributed by atoms with van der Waals surface area (Å²) in [4.78, 5) is 2.26. The molecule has 0 aromatic carbocycles. The molecule has 1 rings (SSSR count). The Balaban J connectivity index is 2.02. The normalized spacial score (nSPS) is 17.4. The highest BCUT2D eigenvalue weighted by molar-refractivity contribution is 8.23. The third kappa shape index (κ3) is 3.29. The van der Waals surface area contributed by atoms with E-state index in [9.17, 15) is 0 Å². The van der Waals surface area contributed by atoms with E-state index in [0.717, 1.165) is 42.8 Å². The molecule has 70 valence electrons. The molecular weight excluding hydrogens is 190 g/mol. The van der Waals surface area contributed by atoms with E-state index < -0.39 is 0 Å². The van der Waals surface area contributed by atoms with Crippen molar-refractivity contribution in [2.75, 3.05) is 32.1 Å². The number of ether oxygens (including phenoxy) is 1. The molecule has 2 nitrogen and oxygen atoms in total. The molecule has 0 spiro atoms. The van der Waals surface area contributed by atoms with Gasteiger partial charge in [0.1, 0.15) is 4.32 Å². The minimum Gasteiger partial charge on any atom is -0.382 e. The fourth-order valence-corrected chi connectivity index (χ4v) is 2.41. The second-order valence-electron chi connectivity index (χ2n) is 2.65. The van der Waals surface area contributed by atoms with Gasteiger partial charge < -0.3 is 9.64 Å². The van der Waals surface area contributed by atoms with E-state index in [0.29, 0.717) is 0 Å². The molecule has 1 aliphatic heterocycles. The maximum absolute atomic E-state index is 5.25. The highest BCUT2D eigenvalue weighted by atomic mass is 32.2. The summed E-state index contributed by atoms with van der Waals surface area (Å²) in [7, 11) is 0. The largest absolute Gasteiger partial charge is 0.382 e. The van der Waals surface area contributed by atoms with Crippen LogP contribution in [0.15, 0.2) is 0 Å². The number of thiocarbonyl (C=S) groups is 1. The lowest BCUT2D eigenvalue weighted by Crippen LogP contribution is -2.24. The molecular formula is C8H15NOS2. The second kappa shape index (κ2) is 5.78. The van der Waals surface area contributed by atoms with Gasteiger partial charge >= 0.3 is 0 Å².